The number of nitrogen functional groups attached to an aromatic ring is 1. The maximum absolute atomic E-state index is 12.7. The molecular formula is C12H18BrN3O2S. The molecule has 19 heavy (non-hydrogen) atoms. The molecule has 1 aromatic rings. The molecule has 0 aliphatic carbocycles. The van der Waals surface area contributed by atoms with Crippen LogP contribution in [-0.2, 0) is 10.0 Å². The summed E-state index contributed by atoms with van der Waals surface area (Å²) < 4.78 is 27.5. The number of hydrogen-bond donors (Lipinski definition) is 1. The Bertz CT molecular complexity index is 576. The molecule has 1 unspecified atom stereocenters. The first-order valence-electron chi connectivity index (χ1n) is 6.08. The SMILES string of the molecule is CC1CN(C)CCN1S(=O)(=O)c1cc(N)ccc1Br. The van der Waals surface area contributed by atoms with Crippen molar-refractivity contribution in [1.82, 2.24) is 9.21 Å². The van der Waals surface area contributed by atoms with E-state index in [9.17, 15) is 8.42 Å². The second kappa shape index (κ2) is 5.40. The molecule has 0 amide bonds. The van der Waals surface area contributed by atoms with Gasteiger partial charge in [0.05, 0.1) is 4.90 Å². The van der Waals surface area contributed by atoms with Gasteiger partial charge in [-0.2, -0.15) is 4.31 Å². The lowest BCUT2D eigenvalue weighted by Gasteiger charge is -2.37. The summed E-state index contributed by atoms with van der Waals surface area (Å²) >= 11 is 3.29. The van der Waals surface area contributed by atoms with E-state index in [0.29, 0.717) is 16.7 Å². The van der Waals surface area contributed by atoms with Crippen molar-refractivity contribution in [2.24, 2.45) is 0 Å². The minimum absolute atomic E-state index is 0.0444. The molecule has 2 N–H and O–H groups in total. The number of benzene rings is 1. The fourth-order valence-electron chi connectivity index (χ4n) is 2.32. The number of hydrogen-bond acceptors (Lipinski definition) is 4. The normalized spacial score (nSPS) is 22.6. The molecule has 1 aliphatic heterocycles. The highest BCUT2D eigenvalue weighted by atomic mass is 79.9. The van der Waals surface area contributed by atoms with Gasteiger partial charge >= 0.3 is 0 Å². The van der Waals surface area contributed by atoms with Gasteiger partial charge in [-0.3, -0.25) is 0 Å². The highest BCUT2D eigenvalue weighted by Crippen LogP contribution is 2.29. The Morgan fingerprint density at radius 1 is 1.37 bits per heavy atom. The first-order valence-corrected chi connectivity index (χ1v) is 8.31. The number of piperazine rings is 1. The summed E-state index contributed by atoms with van der Waals surface area (Å²) in [6, 6.07) is 4.81. The zero-order valence-electron chi connectivity index (χ0n) is 11.0. The van der Waals surface area contributed by atoms with Gasteiger partial charge in [0, 0.05) is 35.8 Å². The van der Waals surface area contributed by atoms with Gasteiger partial charge in [0.1, 0.15) is 0 Å². The van der Waals surface area contributed by atoms with Crippen molar-refractivity contribution in [3.05, 3.63) is 22.7 Å². The summed E-state index contributed by atoms with van der Waals surface area (Å²) in [5.74, 6) is 0. The van der Waals surface area contributed by atoms with Crippen LogP contribution < -0.4 is 5.73 Å². The number of nitrogens with zero attached hydrogens (tertiary/aromatic N) is 2. The van der Waals surface area contributed by atoms with E-state index < -0.39 is 10.0 Å². The fraction of sp³-hybridized carbons (Fsp3) is 0.500. The Kier molecular flexibility index (Phi) is 4.20. The summed E-state index contributed by atoms with van der Waals surface area (Å²) in [4.78, 5) is 2.37. The van der Waals surface area contributed by atoms with Crippen molar-refractivity contribution in [2.45, 2.75) is 17.9 Å². The number of anilines is 1. The minimum Gasteiger partial charge on any atom is -0.399 e. The van der Waals surface area contributed by atoms with Crippen molar-refractivity contribution in [3.8, 4) is 0 Å². The minimum atomic E-state index is -3.51. The maximum Gasteiger partial charge on any atom is 0.244 e. The first kappa shape index (κ1) is 14.8. The second-order valence-corrected chi connectivity index (χ2v) is 7.63. The highest BCUT2D eigenvalue weighted by molar-refractivity contribution is 9.10. The van der Waals surface area contributed by atoms with Gasteiger partial charge in [-0.1, -0.05) is 0 Å². The van der Waals surface area contributed by atoms with Crippen LogP contribution in [0.1, 0.15) is 6.92 Å². The molecule has 5 nitrogen and oxygen atoms in total. The molecule has 1 aliphatic rings. The molecule has 0 saturated carbocycles. The predicted octanol–water partition coefficient (Wildman–Crippen LogP) is 1.36. The summed E-state index contributed by atoms with van der Waals surface area (Å²) in [6.45, 7) is 3.90. The van der Waals surface area contributed by atoms with Crippen molar-refractivity contribution in [2.75, 3.05) is 32.4 Å². The second-order valence-electron chi connectivity index (χ2n) is 4.92. The van der Waals surface area contributed by atoms with E-state index in [4.69, 9.17) is 5.73 Å². The van der Waals surface area contributed by atoms with Crippen molar-refractivity contribution in [3.63, 3.8) is 0 Å². The van der Waals surface area contributed by atoms with Crippen molar-refractivity contribution < 1.29 is 8.42 Å². The van der Waals surface area contributed by atoms with Gasteiger partial charge in [0.25, 0.3) is 0 Å². The van der Waals surface area contributed by atoms with E-state index in [1.54, 1.807) is 16.4 Å². The van der Waals surface area contributed by atoms with Crippen LogP contribution in [0.5, 0.6) is 0 Å². The Morgan fingerprint density at radius 2 is 2.05 bits per heavy atom. The molecule has 1 saturated heterocycles. The van der Waals surface area contributed by atoms with Crippen molar-refractivity contribution >= 4 is 31.6 Å². The average molecular weight is 348 g/mol. The van der Waals surface area contributed by atoms with Crippen LogP contribution >= 0.6 is 15.9 Å². The lowest BCUT2D eigenvalue weighted by Crippen LogP contribution is -2.52. The summed E-state index contributed by atoms with van der Waals surface area (Å²) in [5, 5.41) is 0. The number of halogens is 1. The standard InChI is InChI=1S/C12H18BrN3O2S/c1-9-8-15(2)5-6-16(9)19(17,18)12-7-10(14)3-4-11(12)13/h3-4,7,9H,5-6,8,14H2,1-2H3. The molecule has 1 fully saturated rings. The van der Waals surface area contributed by atoms with E-state index in [-0.39, 0.29) is 10.9 Å². The first-order chi connectivity index (χ1) is 8.82. The third kappa shape index (κ3) is 2.94. The zero-order chi connectivity index (χ0) is 14.2. The molecule has 1 heterocycles. The zero-order valence-corrected chi connectivity index (χ0v) is 13.4. The van der Waals surface area contributed by atoms with Gasteiger partial charge < -0.3 is 10.6 Å². The molecule has 0 radical (unpaired) electrons. The molecule has 1 atom stereocenters. The van der Waals surface area contributed by atoms with Crippen LogP contribution in [0.2, 0.25) is 0 Å². The fourth-order valence-corrected chi connectivity index (χ4v) is 4.90. The lowest BCUT2D eigenvalue weighted by molar-refractivity contribution is 0.170. The Labute approximate surface area is 122 Å². The van der Waals surface area contributed by atoms with Gasteiger partial charge in [-0.25, -0.2) is 8.42 Å². The van der Waals surface area contributed by atoms with Crippen LogP contribution in [-0.4, -0.2) is 50.3 Å². The topological polar surface area (TPSA) is 66.6 Å². The number of likely N-dealkylation sites (N-methyl/N-ethyl adjacent to an activating group) is 1. The Morgan fingerprint density at radius 3 is 2.68 bits per heavy atom. The van der Waals surface area contributed by atoms with Crippen LogP contribution in [0.4, 0.5) is 5.69 Å². The van der Waals surface area contributed by atoms with Crippen LogP contribution in [0.15, 0.2) is 27.6 Å². The number of sulfonamides is 1. The molecule has 7 heteroatoms. The average Bonchev–Trinajstić information content (AvgIpc) is 2.31. The monoisotopic (exact) mass is 347 g/mol. The smallest absolute Gasteiger partial charge is 0.244 e. The van der Waals surface area contributed by atoms with Crippen LogP contribution in [0, 0.1) is 0 Å². The third-order valence-electron chi connectivity index (χ3n) is 3.31. The Hall–Kier alpha value is -0.630. The van der Waals surface area contributed by atoms with E-state index in [2.05, 4.69) is 20.8 Å². The molecule has 106 valence electrons. The summed E-state index contributed by atoms with van der Waals surface area (Å²) in [6.07, 6.45) is 0. The number of nitrogens with two attached hydrogens (primary N) is 1. The lowest BCUT2D eigenvalue weighted by atomic mass is 10.2. The predicted molar refractivity (Wildman–Crippen MR) is 79.4 cm³/mol. The summed E-state index contributed by atoms with van der Waals surface area (Å²) in [7, 11) is -1.51. The van der Waals surface area contributed by atoms with Gasteiger partial charge in [0.15, 0.2) is 0 Å². The molecule has 0 bridgehead atoms. The van der Waals surface area contributed by atoms with Crippen molar-refractivity contribution in [1.29, 1.82) is 0 Å². The molecule has 1 aromatic carbocycles. The van der Waals surface area contributed by atoms with Crippen LogP contribution in [0.3, 0.4) is 0 Å². The molecule has 2 rings (SSSR count). The van der Waals surface area contributed by atoms with E-state index in [0.717, 1.165) is 13.1 Å². The van der Waals surface area contributed by atoms with E-state index in [1.165, 1.54) is 6.07 Å². The van der Waals surface area contributed by atoms with Crippen LogP contribution in [0.25, 0.3) is 0 Å². The maximum atomic E-state index is 12.7. The highest BCUT2D eigenvalue weighted by Gasteiger charge is 2.33. The van der Waals surface area contributed by atoms with E-state index in [1.807, 2.05) is 14.0 Å². The van der Waals surface area contributed by atoms with E-state index >= 15 is 0 Å². The molecule has 0 spiro atoms. The number of rotatable bonds is 2. The van der Waals surface area contributed by atoms with Gasteiger partial charge in [-0.15, -0.1) is 0 Å². The largest absolute Gasteiger partial charge is 0.399 e. The summed E-state index contributed by atoms with van der Waals surface area (Å²) in [5.41, 5.74) is 6.15. The van der Waals surface area contributed by atoms with Gasteiger partial charge in [0.2, 0.25) is 10.0 Å². The molecule has 0 aromatic heterocycles. The quantitative estimate of drug-likeness (QED) is 0.820. The Balaban J connectivity index is 2.39. The molecular weight excluding hydrogens is 330 g/mol. The third-order valence-corrected chi connectivity index (χ3v) is 6.32. The van der Waals surface area contributed by atoms with Gasteiger partial charge in [-0.05, 0) is 48.1 Å².